The average molecular weight is 233 g/mol. The van der Waals surface area contributed by atoms with Crippen LogP contribution >= 0.6 is 0 Å². The molecule has 0 radical (unpaired) electrons. The first-order valence-corrected chi connectivity index (χ1v) is 6.29. The van der Waals surface area contributed by atoms with Crippen LogP contribution in [0, 0.1) is 0 Å². The molecule has 1 amide bonds. The van der Waals surface area contributed by atoms with Crippen LogP contribution in [0.1, 0.15) is 49.5 Å². The summed E-state index contributed by atoms with van der Waals surface area (Å²) in [7, 11) is 0. The number of aliphatic hydroxyl groups is 1. The van der Waals surface area contributed by atoms with Gasteiger partial charge in [0.2, 0.25) is 5.91 Å². The molecule has 2 N–H and O–H groups in total. The summed E-state index contributed by atoms with van der Waals surface area (Å²) in [4.78, 5) is 11.4. The predicted molar refractivity (Wildman–Crippen MR) is 68.0 cm³/mol. The third kappa shape index (κ3) is 2.34. The highest BCUT2D eigenvalue weighted by molar-refractivity contribution is 6.00. The summed E-state index contributed by atoms with van der Waals surface area (Å²) in [5.74, 6) is 0.0261. The highest BCUT2D eigenvalue weighted by Gasteiger charge is 2.24. The number of carbonyl (C=O) groups excluding carboxylic acids is 1. The SMILES string of the molecule is CCCC(O)c1cc(CC)cc2c1NC(=O)C2. The van der Waals surface area contributed by atoms with Gasteiger partial charge in [0.1, 0.15) is 0 Å². The number of benzene rings is 1. The van der Waals surface area contributed by atoms with E-state index in [-0.39, 0.29) is 5.91 Å². The van der Waals surface area contributed by atoms with Crippen molar-refractivity contribution in [1.29, 1.82) is 0 Å². The minimum Gasteiger partial charge on any atom is -0.388 e. The lowest BCUT2D eigenvalue weighted by molar-refractivity contribution is -0.115. The van der Waals surface area contributed by atoms with Crippen molar-refractivity contribution in [3.05, 3.63) is 28.8 Å². The summed E-state index contributed by atoms with van der Waals surface area (Å²) in [5, 5.41) is 13.0. The van der Waals surface area contributed by atoms with E-state index < -0.39 is 6.10 Å². The Morgan fingerprint density at radius 2 is 2.18 bits per heavy atom. The maximum Gasteiger partial charge on any atom is 0.228 e. The zero-order valence-electron chi connectivity index (χ0n) is 10.4. The van der Waals surface area contributed by atoms with Crippen LogP contribution < -0.4 is 5.32 Å². The molecule has 1 unspecified atom stereocenters. The molecular formula is C14H19NO2. The molecule has 1 heterocycles. The molecule has 92 valence electrons. The monoisotopic (exact) mass is 233 g/mol. The number of carbonyl (C=O) groups is 1. The zero-order valence-corrected chi connectivity index (χ0v) is 10.4. The molecule has 0 saturated heterocycles. The van der Waals surface area contributed by atoms with Crippen LogP contribution in [0.3, 0.4) is 0 Å². The minimum absolute atomic E-state index is 0.0261. The number of hydrogen-bond acceptors (Lipinski definition) is 2. The maximum absolute atomic E-state index is 11.4. The topological polar surface area (TPSA) is 49.3 Å². The van der Waals surface area contributed by atoms with Crippen molar-refractivity contribution >= 4 is 11.6 Å². The van der Waals surface area contributed by atoms with Crippen LogP contribution in [0.5, 0.6) is 0 Å². The fourth-order valence-electron chi connectivity index (χ4n) is 2.34. The normalized spacial score (nSPS) is 15.6. The fourth-order valence-corrected chi connectivity index (χ4v) is 2.34. The van der Waals surface area contributed by atoms with E-state index in [4.69, 9.17) is 0 Å². The van der Waals surface area contributed by atoms with Crippen molar-refractivity contribution < 1.29 is 9.90 Å². The van der Waals surface area contributed by atoms with Gasteiger partial charge in [-0.1, -0.05) is 32.4 Å². The second kappa shape index (κ2) is 4.88. The smallest absolute Gasteiger partial charge is 0.228 e. The molecule has 1 atom stereocenters. The van der Waals surface area contributed by atoms with E-state index in [1.807, 2.05) is 13.0 Å². The number of nitrogens with one attached hydrogen (secondary N) is 1. The lowest BCUT2D eigenvalue weighted by Crippen LogP contribution is -2.07. The lowest BCUT2D eigenvalue weighted by Gasteiger charge is -2.15. The van der Waals surface area contributed by atoms with Crippen LogP contribution in [-0.2, 0) is 17.6 Å². The summed E-state index contributed by atoms with van der Waals surface area (Å²) in [6.07, 6.45) is 2.55. The Kier molecular flexibility index (Phi) is 3.48. The van der Waals surface area contributed by atoms with Crippen LogP contribution in [0.15, 0.2) is 12.1 Å². The average Bonchev–Trinajstić information content (AvgIpc) is 2.67. The highest BCUT2D eigenvalue weighted by Crippen LogP contribution is 2.34. The van der Waals surface area contributed by atoms with E-state index in [9.17, 15) is 9.90 Å². The molecule has 3 heteroatoms. The Morgan fingerprint density at radius 1 is 1.41 bits per heavy atom. The number of fused-ring (bicyclic) bond motifs is 1. The van der Waals surface area contributed by atoms with Crippen molar-refractivity contribution in [3.63, 3.8) is 0 Å². The van der Waals surface area contributed by atoms with Crippen molar-refractivity contribution in [1.82, 2.24) is 0 Å². The van der Waals surface area contributed by atoms with Gasteiger partial charge in [0.05, 0.1) is 18.2 Å². The van der Waals surface area contributed by atoms with Crippen molar-refractivity contribution in [2.75, 3.05) is 5.32 Å². The molecule has 0 aliphatic carbocycles. The van der Waals surface area contributed by atoms with Gasteiger partial charge < -0.3 is 10.4 Å². The van der Waals surface area contributed by atoms with Crippen molar-refractivity contribution in [3.8, 4) is 0 Å². The Bertz CT molecular complexity index is 440. The molecule has 17 heavy (non-hydrogen) atoms. The number of rotatable bonds is 4. The van der Waals surface area contributed by atoms with E-state index in [1.165, 1.54) is 5.56 Å². The second-order valence-electron chi connectivity index (χ2n) is 4.60. The Morgan fingerprint density at radius 3 is 2.82 bits per heavy atom. The first-order chi connectivity index (χ1) is 8.15. The van der Waals surface area contributed by atoms with Gasteiger partial charge in [0.25, 0.3) is 0 Å². The van der Waals surface area contributed by atoms with Gasteiger partial charge in [-0.05, 0) is 24.0 Å². The van der Waals surface area contributed by atoms with E-state index in [2.05, 4.69) is 18.3 Å². The third-order valence-electron chi connectivity index (χ3n) is 3.26. The Labute approximate surface area is 102 Å². The molecule has 2 rings (SSSR count). The molecule has 0 saturated carbocycles. The number of aryl methyl sites for hydroxylation is 1. The largest absolute Gasteiger partial charge is 0.388 e. The summed E-state index contributed by atoms with van der Waals surface area (Å²) in [5.41, 5.74) is 3.94. The van der Waals surface area contributed by atoms with Gasteiger partial charge in [0, 0.05) is 5.56 Å². The number of anilines is 1. The molecule has 1 aliphatic rings. The van der Waals surface area contributed by atoms with Gasteiger partial charge in [0.15, 0.2) is 0 Å². The number of aliphatic hydroxyl groups excluding tert-OH is 1. The Balaban J connectivity index is 2.43. The minimum atomic E-state index is -0.473. The van der Waals surface area contributed by atoms with E-state index >= 15 is 0 Å². The van der Waals surface area contributed by atoms with Crippen molar-refractivity contribution in [2.45, 2.75) is 45.6 Å². The van der Waals surface area contributed by atoms with Crippen LogP contribution in [0.25, 0.3) is 0 Å². The standard InChI is InChI=1S/C14H19NO2/c1-3-5-12(16)11-7-9(4-2)6-10-8-13(17)15-14(10)11/h6-7,12,16H,3-5,8H2,1-2H3,(H,15,17). The van der Waals surface area contributed by atoms with Crippen LogP contribution in [0.2, 0.25) is 0 Å². The zero-order chi connectivity index (χ0) is 12.4. The fraction of sp³-hybridized carbons (Fsp3) is 0.500. The molecule has 1 aromatic rings. The third-order valence-corrected chi connectivity index (χ3v) is 3.26. The maximum atomic E-state index is 11.4. The Hall–Kier alpha value is -1.35. The van der Waals surface area contributed by atoms with E-state index in [1.54, 1.807) is 0 Å². The van der Waals surface area contributed by atoms with E-state index in [0.29, 0.717) is 6.42 Å². The summed E-state index contributed by atoms with van der Waals surface area (Å²) < 4.78 is 0. The van der Waals surface area contributed by atoms with Gasteiger partial charge in [-0.2, -0.15) is 0 Å². The van der Waals surface area contributed by atoms with E-state index in [0.717, 1.165) is 36.1 Å². The van der Waals surface area contributed by atoms with Gasteiger partial charge in [-0.25, -0.2) is 0 Å². The first kappa shape index (κ1) is 12.1. The summed E-state index contributed by atoms with van der Waals surface area (Å²) in [6.45, 7) is 4.13. The molecule has 0 aromatic heterocycles. The first-order valence-electron chi connectivity index (χ1n) is 6.29. The molecule has 1 aromatic carbocycles. The quantitative estimate of drug-likeness (QED) is 0.839. The molecular weight excluding hydrogens is 214 g/mol. The highest BCUT2D eigenvalue weighted by atomic mass is 16.3. The van der Waals surface area contributed by atoms with Gasteiger partial charge >= 0.3 is 0 Å². The predicted octanol–water partition coefficient (Wildman–Crippen LogP) is 2.58. The lowest BCUT2D eigenvalue weighted by atomic mass is 9.96. The van der Waals surface area contributed by atoms with Gasteiger partial charge in [-0.15, -0.1) is 0 Å². The number of hydrogen-bond donors (Lipinski definition) is 2. The second-order valence-corrected chi connectivity index (χ2v) is 4.60. The van der Waals surface area contributed by atoms with Crippen molar-refractivity contribution in [2.24, 2.45) is 0 Å². The summed E-state index contributed by atoms with van der Waals surface area (Å²) in [6, 6.07) is 4.08. The molecule has 0 fully saturated rings. The molecule has 3 nitrogen and oxygen atoms in total. The number of amides is 1. The molecule has 0 spiro atoms. The van der Waals surface area contributed by atoms with Crippen LogP contribution in [-0.4, -0.2) is 11.0 Å². The molecule has 1 aliphatic heterocycles. The van der Waals surface area contributed by atoms with Gasteiger partial charge in [-0.3, -0.25) is 4.79 Å². The van der Waals surface area contributed by atoms with Crippen LogP contribution in [0.4, 0.5) is 5.69 Å². The molecule has 0 bridgehead atoms. The summed E-state index contributed by atoms with van der Waals surface area (Å²) >= 11 is 0.